The van der Waals surface area contributed by atoms with Gasteiger partial charge in [-0.3, -0.25) is 4.79 Å². The fraction of sp³-hybridized carbons (Fsp3) is 0.120. The Morgan fingerprint density at radius 3 is 2.56 bits per heavy atom. The van der Waals surface area contributed by atoms with E-state index in [0.717, 1.165) is 11.3 Å². The second kappa shape index (κ2) is 9.66. The van der Waals surface area contributed by atoms with Crippen LogP contribution >= 0.6 is 11.6 Å². The zero-order valence-electron chi connectivity index (χ0n) is 17.1. The molecule has 5 nitrogen and oxygen atoms in total. The highest BCUT2D eigenvalue weighted by Crippen LogP contribution is 2.26. The van der Waals surface area contributed by atoms with Crippen molar-refractivity contribution in [2.75, 3.05) is 0 Å². The largest absolute Gasteiger partial charge is 0.508 e. The maximum absolute atomic E-state index is 13.8. The molecule has 0 spiro atoms. The van der Waals surface area contributed by atoms with Crippen molar-refractivity contribution in [3.05, 3.63) is 101 Å². The molecule has 0 bridgehead atoms. The van der Waals surface area contributed by atoms with Gasteiger partial charge in [-0.15, -0.1) is 0 Å². The molecule has 0 aliphatic rings. The highest BCUT2D eigenvalue weighted by Gasteiger charge is 2.14. The van der Waals surface area contributed by atoms with Crippen molar-refractivity contribution >= 4 is 17.5 Å². The van der Waals surface area contributed by atoms with E-state index in [4.69, 9.17) is 11.6 Å². The van der Waals surface area contributed by atoms with Gasteiger partial charge in [0, 0.05) is 30.0 Å². The zero-order chi connectivity index (χ0) is 22.5. The molecular formula is C25H21ClFN3O2. The number of phenolic OH excluding ortho intramolecular Hbond substituents is 1. The third-order valence-corrected chi connectivity index (χ3v) is 5.20. The van der Waals surface area contributed by atoms with Gasteiger partial charge >= 0.3 is 0 Å². The molecule has 0 radical (unpaired) electrons. The second-order valence-corrected chi connectivity index (χ2v) is 7.80. The number of carbonyl (C=O) groups is 1. The molecule has 2 N–H and O–H groups in total. The minimum atomic E-state index is -0.345. The average Bonchev–Trinajstić information content (AvgIpc) is 3.21. The van der Waals surface area contributed by atoms with E-state index in [1.165, 1.54) is 12.1 Å². The molecule has 0 fully saturated rings. The van der Waals surface area contributed by atoms with Gasteiger partial charge in [0.15, 0.2) is 0 Å². The van der Waals surface area contributed by atoms with E-state index in [9.17, 15) is 14.3 Å². The maximum Gasteiger partial charge on any atom is 0.220 e. The van der Waals surface area contributed by atoms with E-state index in [1.54, 1.807) is 47.1 Å². The fourth-order valence-corrected chi connectivity index (χ4v) is 3.59. The summed E-state index contributed by atoms with van der Waals surface area (Å²) in [6.45, 7) is 0.399. The summed E-state index contributed by atoms with van der Waals surface area (Å²) in [5.41, 5.74) is 3.72. The number of hydrogen-bond acceptors (Lipinski definition) is 3. The summed E-state index contributed by atoms with van der Waals surface area (Å²) in [4.78, 5) is 12.3. The van der Waals surface area contributed by atoms with Crippen LogP contribution in [0.1, 0.15) is 17.7 Å². The predicted molar refractivity (Wildman–Crippen MR) is 122 cm³/mol. The molecule has 1 heterocycles. The summed E-state index contributed by atoms with van der Waals surface area (Å²) in [5, 5.41) is 17.7. The Labute approximate surface area is 190 Å². The number of halogens is 2. The SMILES string of the molecule is O=C(CCc1cc(-c2cccc(F)c2)n(-c2ccc(O)cc2)n1)NCc1cccc(Cl)c1. The van der Waals surface area contributed by atoms with Gasteiger partial charge in [0.25, 0.3) is 0 Å². The topological polar surface area (TPSA) is 67.2 Å². The van der Waals surface area contributed by atoms with Gasteiger partial charge in [-0.1, -0.05) is 35.9 Å². The van der Waals surface area contributed by atoms with Gasteiger partial charge in [0.2, 0.25) is 5.91 Å². The Morgan fingerprint density at radius 1 is 1.03 bits per heavy atom. The van der Waals surface area contributed by atoms with Crippen LogP contribution in [0.3, 0.4) is 0 Å². The molecular weight excluding hydrogens is 429 g/mol. The molecule has 4 rings (SSSR count). The van der Waals surface area contributed by atoms with Crippen LogP contribution < -0.4 is 5.32 Å². The molecule has 0 unspecified atom stereocenters. The van der Waals surface area contributed by atoms with Crippen LogP contribution in [0.25, 0.3) is 16.9 Å². The molecule has 4 aromatic rings. The molecule has 162 valence electrons. The molecule has 0 atom stereocenters. The number of hydrogen-bond donors (Lipinski definition) is 2. The summed E-state index contributed by atoms with van der Waals surface area (Å²) in [5.74, 6) is -0.302. The summed E-state index contributed by atoms with van der Waals surface area (Å²) in [6, 6.07) is 22.0. The van der Waals surface area contributed by atoms with Crippen molar-refractivity contribution in [2.45, 2.75) is 19.4 Å². The smallest absolute Gasteiger partial charge is 0.220 e. The van der Waals surface area contributed by atoms with Crippen molar-refractivity contribution in [1.82, 2.24) is 15.1 Å². The van der Waals surface area contributed by atoms with E-state index in [2.05, 4.69) is 10.4 Å². The third kappa shape index (κ3) is 5.34. The molecule has 0 saturated heterocycles. The number of aryl methyl sites for hydroxylation is 1. The molecule has 1 amide bonds. The number of nitrogens with one attached hydrogen (secondary N) is 1. The van der Waals surface area contributed by atoms with Gasteiger partial charge < -0.3 is 10.4 Å². The highest BCUT2D eigenvalue weighted by atomic mass is 35.5. The van der Waals surface area contributed by atoms with Gasteiger partial charge in [0.05, 0.1) is 17.1 Å². The van der Waals surface area contributed by atoms with Gasteiger partial charge in [-0.25, -0.2) is 9.07 Å². The third-order valence-electron chi connectivity index (χ3n) is 4.96. The van der Waals surface area contributed by atoms with Crippen molar-refractivity contribution < 1.29 is 14.3 Å². The monoisotopic (exact) mass is 449 g/mol. The first-order valence-corrected chi connectivity index (χ1v) is 10.5. The minimum Gasteiger partial charge on any atom is -0.508 e. The fourth-order valence-electron chi connectivity index (χ4n) is 3.37. The van der Waals surface area contributed by atoms with Gasteiger partial charge in [-0.05, 0) is 60.2 Å². The highest BCUT2D eigenvalue weighted by molar-refractivity contribution is 6.30. The van der Waals surface area contributed by atoms with Crippen LogP contribution in [0.4, 0.5) is 4.39 Å². The molecule has 3 aromatic carbocycles. The Hall–Kier alpha value is -3.64. The van der Waals surface area contributed by atoms with Crippen LogP contribution in [0, 0.1) is 5.82 Å². The summed E-state index contributed by atoms with van der Waals surface area (Å²) < 4.78 is 15.5. The van der Waals surface area contributed by atoms with E-state index in [0.29, 0.717) is 34.9 Å². The number of benzene rings is 3. The van der Waals surface area contributed by atoms with E-state index >= 15 is 0 Å². The molecule has 32 heavy (non-hydrogen) atoms. The Bertz CT molecular complexity index is 1240. The number of aromatic hydroxyl groups is 1. The van der Waals surface area contributed by atoms with Gasteiger partial charge in [-0.2, -0.15) is 5.10 Å². The number of amides is 1. The summed E-state index contributed by atoms with van der Waals surface area (Å²) in [6.07, 6.45) is 0.685. The number of carbonyl (C=O) groups excluding carboxylic acids is 1. The lowest BCUT2D eigenvalue weighted by Gasteiger charge is -2.08. The minimum absolute atomic E-state index is 0.100. The van der Waals surface area contributed by atoms with E-state index in [1.807, 2.05) is 24.3 Å². The number of phenols is 1. The van der Waals surface area contributed by atoms with Crippen LogP contribution in [-0.4, -0.2) is 20.8 Å². The second-order valence-electron chi connectivity index (χ2n) is 7.37. The lowest BCUT2D eigenvalue weighted by Crippen LogP contribution is -2.23. The van der Waals surface area contributed by atoms with E-state index < -0.39 is 0 Å². The Balaban J connectivity index is 1.50. The van der Waals surface area contributed by atoms with Crippen molar-refractivity contribution in [3.63, 3.8) is 0 Å². The number of aromatic nitrogens is 2. The normalized spacial score (nSPS) is 10.8. The van der Waals surface area contributed by atoms with Crippen molar-refractivity contribution in [2.24, 2.45) is 0 Å². The first-order chi connectivity index (χ1) is 15.5. The standard InChI is InChI=1S/C25H21ClFN3O2/c26-19-5-1-3-17(13-19)16-28-25(32)12-7-21-15-24(18-4-2-6-20(27)14-18)30(29-21)22-8-10-23(31)11-9-22/h1-6,8-11,13-15,31H,7,12,16H2,(H,28,32). The summed E-state index contributed by atoms with van der Waals surface area (Å²) in [7, 11) is 0. The van der Waals surface area contributed by atoms with Crippen LogP contribution in [-0.2, 0) is 17.8 Å². The quantitative estimate of drug-likeness (QED) is 0.403. The van der Waals surface area contributed by atoms with Crippen molar-refractivity contribution in [1.29, 1.82) is 0 Å². The molecule has 0 saturated carbocycles. The number of rotatable bonds is 7. The zero-order valence-corrected chi connectivity index (χ0v) is 17.9. The predicted octanol–water partition coefficient (Wildman–Crippen LogP) is 5.29. The molecule has 1 aromatic heterocycles. The molecule has 0 aliphatic carbocycles. The van der Waals surface area contributed by atoms with Crippen LogP contribution in [0.5, 0.6) is 5.75 Å². The van der Waals surface area contributed by atoms with Gasteiger partial charge in [0.1, 0.15) is 11.6 Å². The number of nitrogens with zero attached hydrogens (tertiary/aromatic N) is 2. The molecule has 0 aliphatic heterocycles. The Kier molecular flexibility index (Phi) is 6.52. The van der Waals surface area contributed by atoms with Crippen LogP contribution in [0.2, 0.25) is 5.02 Å². The maximum atomic E-state index is 13.8. The lowest BCUT2D eigenvalue weighted by atomic mass is 10.1. The first-order valence-electron chi connectivity index (χ1n) is 10.1. The van der Waals surface area contributed by atoms with E-state index in [-0.39, 0.29) is 23.9 Å². The molecule has 7 heteroatoms. The summed E-state index contributed by atoms with van der Waals surface area (Å²) >= 11 is 5.98. The lowest BCUT2D eigenvalue weighted by molar-refractivity contribution is -0.121. The van der Waals surface area contributed by atoms with Crippen molar-refractivity contribution in [3.8, 4) is 22.7 Å². The van der Waals surface area contributed by atoms with Crippen LogP contribution in [0.15, 0.2) is 78.9 Å². The average molecular weight is 450 g/mol. The first kappa shape index (κ1) is 21.6. The Morgan fingerprint density at radius 2 is 1.81 bits per heavy atom.